The van der Waals surface area contributed by atoms with Crippen molar-refractivity contribution in [2.45, 2.75) is 13.0 Å². The Labute approximate surface area is 129 Å². The predicted molar refractivity (Wildman–Crippen MR) is 90.1 cm³/mol. The molecule has 4 heteroatoms. The number of nitrogens with zero attached hydrogens (tertiary/aromatic N) is 1. The van der Waals surface area contributed by atoms with Crippen LogP contribution in [0.1, 0.15) is 13.0 Å². The second kappa shape index (κ2) is 5.73. The first kappa shape index (κ1) is 14.5. The summed E-state index contributed by atoms with van der Waals surface area (Å²) < 4.78 is 7.29. The third-order valence-corrected chi connectivity index (χ3v) is 4.05. The van der Waals surface area contributed by atoms with Gasteiger partial charge in [0.2, 0.25) is 0 Å². The molecule has 0 aliphatic rings. The van der Waals surface area contributed by atoms with E-state index in [0.717, 1.165) is 27.8 Å². The lowest BCUT2D eigenvalue weighted by atomic mass is 10.00. The largest absolute Gasteiger partial charge is 0.497 e. The van der Waals surface area contributed by atoms with Crippen LogP contribution in [0.5, 0.6) is 5.75 Å². The third kappa shape index (κ3) is 2.31. The zero-order chi connectivity index (χ0) is 15.7. The van der Waals surface area contributed by atoms with E-state index in [4.69, 9.17) is 10.5 Å². The zero-order valence-electron chi connectivity index (χ0n) is 12.8. The number of aliphatic hydroxyl groups excluding tert-OH is 1. The molecule has 1 atom stereocenters. The minimum Gasteiger partial charge on any atom is -0.497 e. The topological polar surface area (TPSA) is 60.4 Å². The Hall–Kier alpha value is -2.46. The van der Waals surface area contributed by atoms with Crippen molar-refractivity contribution in [1.82, 2.24) is 4.57 Å². The molecule has 1 aromatic heterocycles. The molecule has 0 saturated carbocycles. The maximum absolute atomic E-state index is 9.40. The van der Waals surface area contributed by atoms with E-state index in [2.05, 4.69) is 22.8 Å². The number of anilines is 1. The summed E-state index contributed by atoms with van der Waals surface area (Å²) in [5.74, 6) is 0.750. The van der Waals surface area contributed by atoms with E-state index in [0.29, 0.717) is 5.69 Å². The highest BCUT2D eigenvalue weighted by molar-refractivity contribution is 5.98. The monoisotopic (exact) mass is 296 g/mol. The number of aromatic nitrogens is 1. The smallest absolute Gasteiger partial charge is 0.120 e. The summed E-state index contributed by atoms with van der Waals surface area (Å²) in [5.41, 5.74) is 10.0. The molecule has 22 heavy (non-hydrogen) atoms. The van der Waals surface area contributed by atoms with Gasteiger partial charge >= 0.3 is 0 Å². The van der Waals surface area contributed by atoms with Gasteiger partial charge in [0, 0.05) is 34.4 Å². The Bertz CT molecular complexity index is 808. The fourth-order valence-corrected chi connectivity index (χ4v) is 2.81. The molecular weight excluding hydrogens is 276 g/mol. The third-order valence-electron chi connectivity index (χ3n) is 4.05. The number of fused-ring (bicyclic) bond motifs is 1. The van der Waals surface area contributed by atoms with Crippen LogP contribution in [0.25, 0.3) is 22.0 Å². The first-order valence-electron chi connectivity index (χ1n) is 7.30. The molecule has 3 aromatic rings. The second-order valence-corrected chi connectivity index (χ2v) is 5.45. The molecule has 0 unspecified atom stereocenters. The van der Waals surface area contributed by atoms with Crippen LogP contribution in [0.15, 0.2) is 48.7 Å². The summed E-state index contributed by atoms with van der Waals surface area (Å²) in [4.78, 5) is 0. The van der Waals surface area contributed by atoms with Gasteiger partial charge in [0.25, 0.3) is 0 Å². The number of nitrogen functional groups attached to an aromatic ring is 1. The van der Waals surface area contributed by atoms with Gasteiger partial charge in [-0.2, -0.15) is 0 Å². The standard InChI is InChI=1S/C18H20N2O2/c1-12(11-21)20-9-8-16-14(4-3-5-18(16)20)15-7-6-13(22-2)10-17(15)19/h3-10,12,21H,11,19H2,1-2H3/t12-/m1/s1. The summed E-state index contributed by atoms with van der Waals surface area (Å²) in [7, 11) is 1.63. The molecule has 3 N–H and O–H groups in total. The SMILES string of the molecule is COc1ccc(-c2cccc3c2ccn3[C@H](C)CO)c(N)c1. The molecule has 0 radical (unpaired) electrons. The minimum atomic E-state index is 0.0426. The average molecular weight is 296 g/mol. The van der Waals surface area contributed by atoms with Crippen LogP contribution < -0.4 is 10.5 Å². The van der Waals surface area contributed by atoms with E-state index in [1.165, 1.54) is 0 Å². The summed E-state index contributed by atoms with van der Waals surface area (Å²) in [5, 5.41) is 10.5. The van der Waals surface area contributed by atoms with Gasteiger partial charge in [-0.1, -0.05) is 12.1 Å². The number of methoxy groups -OCH3 is 1. The zero-order valence-corrected chi connectivity index (χ0v) is 12.8. The molecule has 0 bridgehead atoms. The Morgan fingerprint density at radius 1 is 1.18 bits per heavy atom. The molecule has 0 fully saturated rings. The number of rotatable bonds is 4. The van der Waals surface area contributed by atoms with Crippen molar-refractivity contribution in [3.05, 3.63) is 48.7 Å². The fourth-order valence-electron chi connectivity index (χ4n) is 2.81. The van der Waals surface area contributed by atoms with E-state index >= 15 is 0 Å². The van der Waals surface area contributed by atoms with Crippen molar-refractivity contribution >= 4 is 16.6 Å². The van der Waals surface area contributed by atoms with E-state index in [1.807, 2.05) is 37.4 Å². The van der Waals surface area contributed by atoms with Crippen LogP contribution >= 0.6 is 0 Å². The number of hydrogen-bond acceptors (Lipinski definition) is 3. The van der Waals surface area contributed by atoms with Crippen molar-refractivity contribution in [1.29, 1.82) is 0 Å². The lowest BCUT2D eigenvalue weighted by Crippen LogP contribution is -2.07. The Morgan fingerprint density at radius 3 is 2.68 bits per heavy atom. The van der Waals surface area contributed by atoms with Gasteiger partial charge in [-0.3, -0.25) is 0 Å². The highest BCUT2D eigenvalue weighted by Crippen LogP contribution is 2.35. The summed E-state index contributed by atoms with van der Waals surface area (Å²) >= 11 is 0. The van der Waals surface area contributed by atoms with Crippen LogP contribution in [0, 0.1) is 0 Å². The Kier molecular flexibility index (Phi) is 3.77. The van der Waals surface area contributed by atoms with Crippen LogP contribution in [0.3, 0.4) is 0 Å². The van der Waals surface area contributed by atoms with Gasteiger partial charge in [0.15, 0.2) is 0 Å². The Balaban J connectivity index is 2.18. The molecule has 4 nitrogen and oxygen atoms in total. The number of hydrogen-bond donors (Lipinski definition) is 2. The molecule has 2 aromatic carbocycles. The van der Waals surface area contributed by atoms with Crippen molar-refractivity contribution in [2.24, 2.45) is 0 Å². The molecule has 0 saturated heterocycles. The summed E-state index contributed by atoms with van der Waals surface area (Å²) in [6, 6.07) is 14.0. The lowest BCUT2D eigenvalue weighted by Gasteiger charge is -2.13. The van der Waals surface area contributed by atoms with Crippen LogP contribution in [0.4, 0.5) is 5.69 Å². The highest BCUT2D eigenvalue weighted by Gasteiger charge is 2.12. The molecule has 0 amide bonds. The van der Waals surface area contributed by atoms with Gasteiger partial charge in [0.1, 0.15) is 5.75 Å². The molecule has 0 aliphatic heterocycles. The molecule has 114 valence electrons. The number of benzene rings is 2. The first-order valence-corrected chi connectivity index (χ1v) is 7.30. The van der Waals surface area contributed by atoms with E-state index < -0.39 is 0 Å². The van der Waals surface area contributed by atoms with Crippen molar-refractivity contribution in [2.75, 3.05) is 19.5 Å². The molecular formula is C18H20N2O2. The quantitative estimate of drug-likeness (QED) is 0.725. The maximum Gasteiger partial charge on any atom is 0.120 e. The maximum atomic E-state index is 9.40. The number of ether oxygens (including phenoxy) is 1. The molecule has 0 aliphatic carbocycles. The van der Waals surface area contributed by atoms with Gasteiger partial charge in [-0.15, -0.1) is 0 Å². The number of aliphatic hydroxyl groups is 1. The van der Waals surface area contributed by atoms with Crippen molar-refractivity contribution in [3.63, 3.8) is 0 Å². The highest BCUT2D eigenvalue weighted by atomic mass is 16.5. The summed E-state index contributed by atoms with van der Waals surface area (Å²) in [6.45, 7) is 2.10. The molecule has 0 spiro atoms. The lowest BCUT2D eigenvalue weighted by molar-refractivity contribution is 0.241. The minimum absolute atomic E-state index is 0.0426. The van der Waals surface area contributed by atoms with Crippen molar-refractivity contribution in [3.8, 4) is 16.9 Å². The van der Waals surface area contributed by atoms with Gasteiger partial charge in [0.05, 0.1) is 19.8 Å². The van der Waals surface area contributed by atoms with Crippen LogP contribution in [-0.4, -0.2) is 23.4 Å². The van der Waals surface area contributed by atoms with Crippen LogP contribution in [0.2, 0.25) is 0 Å². The van der Waals surface area contributed by atoms with Gasteiger partial charge in [-0.25, -0.2) is 0 Å². The summed E-state index contributed by atoms with van der Waals surface area (Å²) in [6.07, 6.45) is 2.01. The van der Waals surface area contributed by atoms with Gasteiger partial charge in [-0.05, 0) is 36.8 Å². The fraction of sp³-hybridized carbons (Fsp3) is 0.222. The van der Waals surface area contributed by atoms with Crippen molar-refractivity contribution < 1.29 is 9.84 Å². The molecule has 3 rings (SSSR count). The van der Waals surface area contributed by atoms with Gasteiger partial charge < -0.3 is 20.1 Å². The average Bonchev–Trinajstić information content (AvgIpc) is 2.98. The van der Waals surface area contributed by atoms with E-state index in [9.17, 15) is 5.11 Å². The first-order chi connectivity index (χ1) is 10.7. The van der Waals surface area contributed by atoms with Crippen LogP contribution in [-0.2, 0) is 0 Å². The van der Waals surface area contributed by atoms with E-state index in [-0.39, 0.29) is 12.6 Å². The number of nitrogens with two attached hydrogens (primary N) is 1. The molecule has 1 heterocycles. The normalized spacial score (nSPS) is 12.5. The predicted octanol–water partition coefficient (Wildman–Crippen LogP) is 3.45. The second-order valence-electron chi connectivity index (χ2n) is 5.45. The van der Waals surface area contributed by atoms with E-state index in [1.54, 1.807) is 7.11 Å². The Morgan fingerprint density at radius 2 is 2.00 bits per heavy atom.